The molecule has 2 heterocycles. The molecule has 2 N–H and O–H groups in total. The molecule has 0 spiro atoms. The second-order valence-electron chi connectivity index (χ2n) is 8.61. The van der Waals surface area contributed by atoms with Crippen LogP contribution in [0.1, 0.15) is 12.5 Å². The van der Waals surface area contributed by atoms with Crippen molar-refractivity contribution < 1.29 is 0 Å². The highest BCUT2D eigenvalue weighted by atomic mass is 35.5. The molecule has 2 aromatic heterocycles. The highest BCUT2D eigenvalue weighted by Crippen LogP contribution is 2.48. The lowest BCUT2D eigenvalue weighted by atomic mass is 9.89. The van der Waals surface area contributed by atoms with E-state index in [0.29, 0.717) is 10.1 Å². The zero-order chi connectivity index (χ0) is 24.1. The van der Waals surface area contributed by atoms with Gasteiger partial charge in [-0.05, 0) is 30.7 Å². The molecule has 6 rings (SSSR count). The molecule has 170 valence electrons. The zero-order valence-electron chi connectivity index (χ0n) is 19.1. The van der Waals surface area contributed by atoms with Crippen LogP contribution in [0.4, 0.5) is 0 Å². The van der Waals surface area contributed by atoms with Gasteiger partial charge in [-0.15, -0.1) is 0 Å². The van der Waals surface area contributed by atoms with Gasteiger partial charge in [0.2, 0.25) is 0 Å². The van der Waals surface area contributed by atoms with Gasteiger partial charge in [-0.2, -0.15) is 0 Å². The van der Waals surface area contributed by atoms with Gasteiger partial charge in [-0.25, -0.2) is 0 Å². The van der Waals surface area contributed by atoms with E-state index in [1.54, 1.807) is 6.08 Å². The number of hydrogen-bond acceptors (Lipinski definition) is 0. The monoisotopic (exact) mass is 492 g/mol. The summed E-state index contributed by atoms with van der Waals surface area (Å²) < 4.78 is 0. The average Bonchev–Trinajstić information content (AvgIpc) is 3.43. The highest BCUT2D eigenvalue weighted by Gasteiger charge is 2.25. The maximum atomic E-state index is 6.82. The Hall–Kier alpha value is -3.72. The van der Waals surface area contributed by atoms with E-state index in [1.165, 1.54) is 0 Å². The maximum absolute atomic E-state index is 6.82. The third-order valence-corrected chi connectivity index (χ3v) is 7.13. The second-order valence-corrected chi connectivity index (χ2v) is 9.59. The first-order valence-corrected chi connectivity index (χ1v) is 12.2. The van der Waals surface area contributed by atoms with Crippen LogP contribution >= 0.6 is 23.2 Å². The minimum atomic E-state index is 0.708. The standard InChI is InChI=1S/C31H22Cl2N2/c1-3-4-11-19(18(2)32)26-28-21-13-6-9-16-24(21)35-31(28)27(20-12-5-8-15-23(20)33)29-22-14-7-10-17-25(22)34-30(26)29/h3-17,34-35H,1H2,2H3/b11-4-,19-18-. The van der Waals surface area contributed by atoms with Crippen molar-refractivity contribution in [1.82, 2.24) is 9.97 Å². The molecule has 35 heavy (non-hydrogen) atoms. The van der Waals surface area contributed by atoms with Gasteiger partial charge in [0.25, 0.3) is 0 Å². The molecule has 0 amide bonds. The molecule has 0 atom stereocenters. The number of benzene rings is 4. The van der Waals surface area contributed by atoms with Gasteiger partial charge in [0.15, 0.2) is 0 Å². The largest absolute Gasteiger partial charge is 0.354 e. The SMILES string of the molecule is C=C/C=C\C(=C(/C)Cl)c1c2[nH]c3ccccc3c2c(-c2ccccc2Cl)c2[nH]c3ccccc3c12. The molecular weight excluding hydrogens is 471 g/mol. The Labute approximate surface area is 213 Å². The Kier molecular flexibility index (Phi) is 5.29. The number of hydrogen-bond donors (Lipinski definition) is 2. The summed E-state index contributed by atoms with van der Waals surface area (Å²) in [6, 6.07) is 24.8. The first-order valence-electron chi connectivity index (χ1n) is 11.5. The summed E-state index contributed by atoms with van der Waals surface area (Å²) in [6.07, 6.45) is 5.73. The normalized spacial score (nSPS) is 12.9. The smallest absolute Gasteiger partial charge is 0.0559 e. The topological polar surface area (TPSA) is 31.6 Å². The number of H-pyrrole nitrogens is 2. The molecule has 0 aliphatic rings. The van der Waals surface area contributed by atoms with E-state index in [4.69, 9.17) is 23.2 Å². The summed E-state index contributed by atoms with van der Waals surface area (Å²) in [7, 11) is 0. The van der Waals surface area contributed by atoms with E-state index in [-0.39, 0.29) is 0 Å². The van der Waals surface area contributed by atoms with Crippen LogP contribution in [0.15, 0.2) is 103 Å². The van der Waals surface area contributed by atoms with Crippen LogP contribution in [-0.4, -0.2) is 9.97 Å². The molecule has 4 heteroatoms. The first-order chi connectivity index (χ1) is 17.1. The van der Waals surface area contributed by atoms with E-state index < -0.39 is 0 Å². The average molecular weight is 493 g/mol. The summed E-state index contributed by atoms with van der Waals surface area (Å²) in [5.41, 5.74) is 8.27. The quantitative estimate of drug-likeness (QED) is 0.229. The predicted octanol–water partition coefficient (Wildman–Crippen LogP) is 9.99. The fourth-order valence-corrected chi connectivity index (χ4v) is 5.55. The Morgan fingerprint density at radius 1 is 0.800 bits per heavy atom. The van der Waals surface area contributed by atoms with E-state index in [0.717, 1.165) is 65.9 Å². The van der Waals surface area contributed by atoms with Crippen LogP contribution in [0.3, 0.4) is 0 Å². The number of allylic oxidation sites excluding steroid dienone is 5. The third kappa shape index (κ3) is 3.33. The Morgan fingerprint density at radius 3 is 2.06 bits per heavy atom. The molecule has 0 bridgehead atoms. The lowest BCUT2D eigenvalue weighted by Crippen LogP contribution is -1.92. The van der Waals surface area contributed by atoms with E-state index in [1.807, 2.05) is 37.3 Å². The van der Waals surface area contributed by atoms with Crippen LogP contribution in [0.25, 0.3) is 60.3 Å². The van der Waals surface area contributed by atoms with Crippen molar-refractivity contribution in [1.29, 1.82) is 0 Å². The number of halogens is 2. The number of nitrogens with one attached hydrogen (secondary N) is 2. The van der Waals surface area contributed by atoms with Crippen molar-refractivity contribution in [3.05, 3.63) is 113 Å². The lowest BCUT2D eigenvalue weighted by Gasteiger charge is -2.15. The Morgan fingerprint density at radius 2 is 1.40 bits per heavy atom. The fourth-order valence-electron chi connectivity index (χ4n) is 5.17. The van der Waals surface area contributed by atoms with E-state index in [2.05, 4.69) is 71.1 Å². The van der Waals surface area contributed by atoms with Gasteiger partial charge >= 0.3 is 0 Å². The summed E-state index contributed by atoms with van der Waals surface area (Å²) in [5.74, 6) is 0. The van der Waals surface area contributed by atoms with Crippen LogP contribution in [-0.2, 0) is 0 Å². The first kappa shape index (κ1) is 21.8. The zero-order valence-corrected chi connectivity index (χ0v) is 20.6. The van der Waals surface area contributed by atoms with Crippen LogP contribution in [0.5, 0.6) is 0 Å². The molecule has 0 aliphatic carbocycles. The molecule has 0 unspecified atom stereocenters. The Bertz CT molecular complexity index is 1840. The molecule has 0 saturated heterocycles. The van der Waals surface area contributed by atoms with Gasteiger partial charge in [-0.3, -0.25) is 0 Å². The van der Waals surface area contributed by atoms with Crippen LogP contribution in [0, 0.1) is 0 Å². The molecule has 0 saturated carbocycles. The minimum absolute atomic E-state index is 0.708. The summed E-state index contributed by atoms with van der Waals surface area (Å²) >= 11 is 13.6. The maximum Gasteiger partial charge on any atom is 0.0559 e. The lowest BCUT2D eigenvalue weighted by molar-refractivity contribution is 1.52. The summed E-state index contributed by atoms with van der Waals surface area (Å²) in [5, 5.41) is 5.92. The van der Waals surface area contributed by atoms with Crippen LogP contribution < -0.4 is 0 Å². The summed E-state index contributed by atoms with van der Waals surface area (Å²) in [6.45, 7) is 5.80. The highest BCUT2D eigenvalue weighted by molar-refractivity contribution is 6.38. The molecule has 2 nitrogen and oxygen atoms in total. The van der Waals surface area contributed by atoms with Crippen molar-refractivity contribution >= 4 is 72.4 Å². The molecule has 0 radical (unpaired) electrons. The van der Waals surface area contributed by atoms with Gasteiger partial charge in [0, 0.05) is 59.3 Å². The predicted molar refractivity (Wildman–Crippen MR) is 153 cm³/mol. The molecule has 0 aliphatic heterocycles. The van der Waals surface area contributed by atoms with Crippen molar-refractivity contribution in [3.8, 4) is 11.1 Å². The van der Waals surface area contributed by atoms with Gasteiger partial charge in [-0.1, -0.05) is 103 Å². The van der Waals surface area contributed by atoms with Crippen molar-refractivity contribution in [3.63, 3.8) is 0 Å². The molecule has 6 aromatic rings. The number of aromatic nitrogens is 2. The summed E-state index contributed by atoms with van der Waals surface area (Å²) in [4.78, 5) is 7.45. The second kappa shape index (κ2) is 8.49. The number of fused-ring (bicyclic) bond motifs is 6. The molecule has 4 aromatic carbocycles. The minimum Gasteiger partial charge on any atom is -0.354 e. The molecule has 0 fully saturated rings. The third-order valence-electron chi connectivity index (χ3n) is 6.59. The van der Waals surface area contributed by atoms with E-state index >= 15 is 0 Å². The van der Waals surface area contributed by atoms with Crippen molar-refractivity contribution in [2.24, 2.45) is 0 Å². The number of rotatable bonds is 4. The van der Waals surface area contributed by atoms with E-state index in [9.17, 15) is 0 Å². The van der Waals surface area contributed by atoms with Gasteiger partial charge < -0.3 is 9.97 Å². The van der Waals surface area contributed by atoms with Gasteiger partial charge in [0.05, 0.1) is 11.0 Å². The fraction of sp³-hybridized carbons (Fsp3) is 0.0323. The van der Waals surface area contributed by atoms with Crippen molar-refractivity contribution in [2.75, 3.05) is 0 Å². The van der Waals surface area contributed by atoms with Gasteiger partial charge in [0.1, 0.15) is 0 Å². The number of para-hydroxylation sites is 2. The van der Waals surface area contributed by atoms with Crippen LogP contribution in [0.2, 0.25) is 5.02 Å². The number of aromatic amines is 2. The Balaban J connectivity index is 1.97. The van der Waals surface area contributed by atoms with Crippen molar-refractivity contribution in [2.45, 2.75) is 6.92 Å². The molecular formula is C31H22Cl2N2.